The molecule has 6 heteroatoms. The molecule has 0 aliphatic carbocycles. The first kappa shape index (κ1) is 20.5. The number of carbonyl (C=O) groups is 2. The van der Waals surface area contributed by atoms with E-state index in [9.17, 15) is 9.59 Å². The Kier molecular flexibility index (Phi) is 6.54. The molecular weight excluding hydrogens is 368 g/mol. The predicted octanol–water partition coefficient (Wildman–Crippen LogP) is 3.87. The Hall–Kier alpha value is -3.28. The second kappa shape index (κ2) is 9.28. The van der Waals surface area contributed by atoms with Gasteiger partial charge in [0.15, 0.2) is 11.5 Å². The largest absolute Gasteiger partial charge is 0.493 e. The van der Waals surface area contributed by atoms with Gasteiger partial charge in [-0.2, -0.15) is 0 Å². The van der Waals surface area contributed by atoms with E-state index in [2.05, 4.69) is 10.6 Å². The summed E-state index contributed by atoms with van der Waals surface area (Å²) in [6, 6.07) is 11.2. The van der Waals surface area contributed by atoms with Crippen molar-refractivity contribution >= 4 is 23.6 Å². The Balaban J connectivity index is 1.63. The highest BCUT2D eigenvalue weighted by Crippen LogP contribution is 2.29. The Morgan fingerprint density at radius 1 is 1.21 bits per heavy atom. The summed E-state index contributed by atoms with van der Waals surface area (Å²) >= 11 is 0. The fraction of sp³-hybridized carbons (Fsp3) is 0.304. The number of fused-ring (bicyclic) bond motifs is 1. The maximum absolute atomic E-state index is 12.3. The summed E-state index contributed by atoms with van der Waals surface area (Å²) in [7, 11) is 1.59. The zero-order valence-electron chi connectivity index (χ0n) is 17.0. The minimum atomic E-state index is -0.184. The van der Waals surface area contributed by atoms with Gasteiger partial charge in [-0.25, -0.2) is 0 Å². The predicted molar refractivity (Wildman–Crippen MR) is 113 cm³/mol. The molecule has 1 heterocycles. The van der Waals surface area contributed by atoms with Crippen molar-refractivity contribution in [3.63, 3.8) is 0 Å². The number of nitrogens with one attached hydrogen (secondary N) is 2. The molecule has 152 valence electrons. The number of rotatable bonds is 7. The minimum Gasteiger partial charge on any atom is -0.493 e. The number of ether oxygens (including phenoxy) is 2. The highest BCUT2D eigenvalue weighted by molar-refractivity contribution is 5.94. The van der Waals surface area contributed by atoms with E-state index in [1.165, 1.54) is 6.08 Å². The van der Waals surface area contributed by atoms with Crippen molar-refractivity contribution in [1.82, 2.24) is 5.32 Å². The summed E-state index contributed by atoms with van der Waals surface area (Å²) < 4.78 is 10.8. The van der Waals surface area contributed by atoms with Crippen LogP contribution in [-0.4, -0.2) is 25.5 Å². The molecule has 2 N–H and O–H groups in total. The van der Waals surface area contributed by atoms with Gasteiger partial charge in [-0.3, -0.25) is 9.59 Å². The molecule has 2 aromatic rings. The zero-order chi connectivity index (χ0) is 20.8. The number of methoxy groups -OCH3 is 1. The molecular formula is C23H26N2O4. The summed E-state index contributed by atoms with van der Waals surface area (Å²) in [6.07, 6.45) is 4.45. The topological polar surface area (TPSA) is 76.7 Å². The van der Waals surface area contributed by atoms with Crippen LogP contribution >= 0.6 is 0 Å². The van der Waals surface area contributed by atoms with Gasteiger partial charge in [0.2, 0.25) is 11.8 Å². The van der Waals surface area contributed by atoms with Crippen molar-refractivity contribution in [3.05, 3.63) is 59.2 Å². The molecule has 29 heavy (non-hydrogen) atoms. The van der Waals surface area contributed by atoms with E-state index < -0.39 is 0 Å². The number of amides is 2. The Bertz CT molecular complexity index is 936. The molecule has 0 bridgehead atoms. The first-order valence-electron chi connectivity index (χ1n) is 9.72. The van der Waals surface area contributed by atoms with Crippen LogP contribution in [0.4, 0.5) is 5.69 Å². The fourth-order valence-electron chi connectivity index (χ4n) is 3.25. The summed E-state index contributed by atoms with van der Waals surface area (Å²) in [5.74, 6) is 1.16. The summed E-state index contributed by atoms with van der Waals surface area (Å²) in [5.41, 5.74) is 3.80. The van der Waals surface area contributed by atoms with Gasteiger partial charge in [0.05, 0.1) is 19.8 Å². The van der Waals surface area contributed by atoms with E-state index in [1.807, 2.05) is 50.2 Å². The van der Waals surface area contributed by atoms with Crippen LogP contribution in [0.2, 0.25) is 0 Å². The van der Waals surface area contributed by atoms with E-state index in [0.29, 0.717) is 24.5 Å². The lowest BCUT2D eigenvalue weighted by molar-refractivity contribution is -0.117. The molecule has 3 rings (SSSR count). The fourth-order valence-corrected chi connectivity index (χ4v) is 3.25. The van der Waals surface area contributed by atoms with Gasteiger partial charge in [0.25, 0.3) is 0 Å². The molecule has 0 aromatic heterocycles. The van der Waals surface area contributed by atoms with Crippen molar-refractivity contribution in [2.45, 2.75) is 32.7 Å². The van der Waals surface area contributed by atoms with Crippen LogP contribution in [0, 0.1) is 0 Å². The van der Waals surface area contributed by atoms with Crippen molar-refractivity contribution in [2.24, 2.45) is 0 Å². The van der Waals surface area contributed by atoms with Crippen LogP contribution in [0.15, 0.2) is 42.5 Å². The zero-order valence-corrected chi connectivity index (χ0v) is 17.0. The first-order valence-corrected chi connectivity index (χ1v) is 9.72. The molecule has 1 atom stereocenters. The molecule has 0 radical (unpaired) electrons. The third kappa shape index (κ3) is 5.16. The standard InChI is InChI=1S/C23H26N2O4/c1-4-29-20-10-5-16(13-21(20)28-3)6-11-22(26)24-15(2)17-7-9-19-18(14-17)8-12-23(27)25-19/h5-7,9-11,13-15H,4,8,12H2,1-3H3,(H,24,26)(H,25,27)/b11-6+. The molecule has 2 aromatic carbocycles. The molecule has 6 nitrogen and oxygen atoms in total. The normalized spacial score (nSPS) is 14.1. The Labute approximate surface area is 170 Å². The van der Waals surface area contributed by atoms with Crippen molar-refractivity contribution in [1.29, 1.82) is 0 Å². The van der Waals surface area contributed by atoms with Gasteiger partial charge in [-0.05, 0) is 61.2 Å². The van der Waals surface area contributed by atoms with Gasteiger partial charge in [0.1, 0.15) is 0 Å². The number of aryl methyl sites for hydroxylation is 1. The van der Waals surface area contributed by atoms with Crippen LogP contribution in [-0.2, 0) is 16.0 Å². The van der Waals surface area contributed by atoms with Crippen LogP contribution in [0.3, 0.4) is 0 Å². The average Bonchev–Trinajstić information content (AvgIpc) is 2.72. The lowest BCUT2D eigenvalue weighted by atomic mass is 9.98. The second-order valence-electron chi connectivity index (χ2n) is 6.87. The Morgan fingerprint density at radius 3 is 2.79 bits per heavy atom. The van der Waals surface area contributed by atoms with Crippen molar-refractivity contribution < 1.29 is 19.1 Å². The van der Waals surface area contributed by atoms with E-state index >= 15 is 0 Å². The quantitative estimate of drug-likeness (QED) is 0.699. The van der Waals surface area contributed by atoms with E-state index in [0.717, 1.165) is 28.8 Å². The monoisotopic (exact) mass is 394 g/mol. The molecule has 0 saturated heterocycles. The van der Waals surface area contributed by atoms with E-state index in [-0.39, 0.29) is 17.9 Å². The van der Waals surface area contributed by atoms with E-state index in [4.69, 9.17) is 9.47 Å². The first-order chi connectivity index (χ1) is 14.0. The van der Waals surface area contributed by atoms with Gasteiger partial charge in [0, 0.05) is 18.2 Å². The average molecular weight is 394 g/mol. The van der Waals surface area contributed by atoms with Gasteiger partial charge >= 0.3 is 0 Å². The van der Waals surface area contributed by atoms with Crippen LogP contribution in [0.25, 0.3) is 6.08 Å². The third-order valence-corrected chi connectivity index (χ3v) is 4.80. The van der Waals surface area contributed by atoms with Crippen molar-refractivity contribution in [2.75, 3.05) is 19.0 Å². The Morgan fingerprint density at radius 2 is 2.03 bits per heavy atom. The SMILES string of the molecule is CCOc1ccc(/C=C/C(=O)NC(C)c2ccc3c(c2)CCC(=O)N3)cc1OC. The highest BCUT2D eigenvalue weighted by atomic mass is 16.5. The number of benzene rings is 2. The number of anilines is 1. The van der Waals surface area contributed by atoms with Gasteiger partial charge < -0.3 is 20.1 Å². The molecule has 1 aliphatic heterocycles. The molecule has 1 aliphatic rings. The number of hydrogen-bond donors (Lipinski definition) is 2. The minimum absolute atomic E-state index is 0.0441. The van der Waals surface area contributed by atoms with Crippen molar-refractivity contribution in [3.8, 4) is 11.5 Å². The van der Waals surface area contributed by atoms with Crippen LogP contribution < -0.4 is 20.1 Å². The van der Waals surface area contributed by atoms with Gasteiger partial charge in [-0.15, -0.1) is 0 Å². The lowest BCUT2D eigenvalue weighted by Crippen LogP contribution is -2.25. The molecule has 0 spiro atoms. The molecule has 0 saturated carbocycles. The van der Waals surface area contributed by atoms with Gasteiger partial charge in [-0.1, -0.05) is 18.2 Å². The van der Waals surface area contributed by atoms with E-state index in [1.54, 1.807) is 13.2 Å². The highest BCUT2D eigenvalue weighted by Gasteiger charge is 2.16. The maximum Gasteiger partial charge on any atom is 0.244 e. The summed E-state index contributed by atoms with van der Waals surface area (Å²) in [6.45, 7) is 4.41. The molecule has 2 amide bonds. The summed E-state index contributed by atoms with van der Waals surface area (Å²) in [5, 5.41) is 5.84. The number of carbonyl (C=O) groups excluding carboxylic acids is 2. The van der Waals surface area contributed by atoms with Crippen LogP contribution in [0.5, 0.6) is 11.5 Å². The molecule has 1 unspecified atom stereocenters. The lowest BCUT2D eigenvalue weighted by Gasteiger charge is -2.20. The number of hydrogen-bond acceptors (Lipinski definition) is 4. The molecule has 0 fully saturated rings. The smallest absolute Gasteiger partial charge is 0.244 e. The summed E-state index contributed by atoms with van der Waals surface area (Å²) in [4.78, 5) is 23.8. The second-order valence-corrected chi connectivity index (χ2v) is 6.87. The third-order valence-electron chi connectivity index (χ3n) is 4.80. The van der Waals surface area contributed by atoms with Crippen LogP contribution in [0.1, 0.15) is 43.0 Å². The maximum atomic E-state index is 12.3.